The number of aliphatic hydroxyl groups excluding tert-OH is 1. The Morgan fingerprint density at radius 2 is 2.16 bits per heavy atom. The van der Waals surface area contributed by atoms with Gasteiger partial charge in [0.15, 0.2) is 0 Å². The standard InChI is InChI=1S/C13H24N4O2/c1-5-11(8-18)15-13(19)14-7-6-12-9(2)16-17(4)10(12)3/h11,18H,5-8H2,1-4H3,(H2,14,15,19). The summed E-state index contributed by atoms with van der Waals surface area (Å²) in [7, 11) is 1.92. The molecule has 0 aliphatic rings. The molecule has 1 aromatic heterocycles. The molecular weight excluding hydrogens is 244 g/mol. The van der Waals surface area contributed by atoms with Crippen LogP contribution in [0.2, 0.25) is 0 Å². The van der Waals surface area contributed by atoms with E-state index in [0.717, 1.165) is 17.8 Å². The van der Waals surface area contributed by atoms with Crippen LogP contribution in [0.4, 0.5) is 4.79 Å². The largest absolute Gasteiger partial charge is 0.394 e. The van der Waals surface area contributed by atoms with E-state index in [-0.39, 0.29) is 18.7 Å². The molecule has 3 N–H and O–H groups in total. The number of amides is 2. The highest BCUT2D eigenvalue weighted by Crippen LogP contribution is 2.11. The van der Waals surface area contributed by atoms with Gasteiger partial charge in [-0.25, -0.2) is 4.79 Å². The van der Waals surface area contributed by atoms with Crippen molar-refractivity contribution in [2.24, 2.45) is 7.05 Å². The van der Waals surface area contributed by atoms with Crippen molar-refractivity contribution in [2.45, 2.75) is 39.7 Å². The summed E-state index contributed by atoms with van der Waals surface area (Å²) in [4.78, 5) is 11.6. The van der Waals surface area contributed by atoms with Crippen molar-refractivity contribution in [3.8, 4) is 0 Å². The summed E-state index contributed by atoms with van der Waals surface area (Å²) in [6, 6.07) is -0.415. The molecule has 1 rings (SSSR count). The van der Waals surface area contributed by atoms with Crippen LogP contribution in [0.15, 0.2) is 0 Å². The molecule has 6 heteroatoms. The monoisotopic (exact) mass is 268 g/mol. The number of carbonyl (C=O) groups is 1. The van der Waals surface area contributed by atoms with Crippen LogP contribution in [0.5, 0.6) is 0 Å². The van der Waals surface area contributed by atoms with Gasteiger partial charge in [0.05, 0.1) is 18.3 Å². The fourth-order valence-corrected chi connectivity index (χ4v) is 1.99. The third-order valence-corrected chi connectivity index (χ3v) is 3.37. The molecule has 0 bridgehead atoms. The van der Waals surface area contributed by atoms with Gasteiger partial charge in [0.2, 0.25) is 0 Å². The van der Waals surface area contributed by atoms with E-state index in [0.29, 0.717) is 13.0 Å². The summed E-state index contributed by atoms with van der Waals surface area (Å²) in [6.07, 6.45) is 1.47. The number of aryl methyl sites for hydroxylation is 2. The Bertz CT molecular complexity index is 425. The molecule has 0 spiro atoms. The number of aromatic nitrogens is 2. The molecule has 0 aromatic carbocycles. The highest BCUT2D eigenvalue weighted by molar-refractivity contribution is 5.74. The Morgan fingerprint density at radius 3 is 2.63 bits per heavy atom. The van der Waals surface area contributed by atoms with Gasteiger partial charge in [0, 0.05) is 19.3 Å². The molecule has 6 nitrogen and oxygen atoms in total. The summed E-state index contributed by atoms with van der Waals surface area (Å²) in [5, 5.41) is 18.9. The number of hydrogen-bond donors (Lipinski definition) is 3. The quantitative estimate of drug-likeness (QED) is 0.709. The number of urea groups is 1. The van der Waals surface area contributed by atoms with Crippen molar-refractivity contribution in [2.75, 3.05) is 13.2 Å². The number of nitrogens with one attached hydrogen (secondary N) is 2. The summed E-state index contributed by atoms with van der Waals surface area (Å²) >= 11 is 0. The fraction of sp³-hybridized carbons (Fsp3) is 0.692. The molecule has 1 atom stereocenters. The van der Waals surface area contributed by atoms with Crippen molar-refractivity contribution < 1.29 is 9.90 Å². The lowest BCUT2D eigenvalue weighted by Crippen LogP contribution is -2.44. The first-order valence-electron chi connectivity index (χ1n) is 6.63. The lowest BCUT2D eigenvalue weighted by Gasteiger charge is -2.14. The van der Waals surface area contributed by atoms with Crippen molar-refractivity contribution in [1.82, 2.24) is 20.4 Å². The Kier molecular flexibility index (Phi) is 5.82. The maximum atomic E-state index is 11.6. The number of rotatable bonds is 6. The van der Waals surface area contributed by atoms with Gasteiger partial charge in [-0.05, 0) is 32.3 Å². The number of nitrogens with zero attached hydrogens (tertiary/aromatic N) is 2. The second-order valence-corrected chi connectivity index (χ2v) is 4.71. The third-order valence-electron chi connectivity index (χ3n) is 3.37. The van der Waals surface area contributed by atoms with E-state index in [1.165, 1.54) is 5.56 Å². The highest BCUT2D eigenvalue weighted by atomic mass is 16.3. The lowest BCUT2D eigenvalue weighted by molar-refractivity contribution is 0.214. The van der Waals surface area contributed by atoms with Gasteiger partial charge in [-0.15, -0.1) is 0 Å². The van der Waals surface area contributed by atoms with E-state index in [9.17, 15) is 4.79 Å². The molecule has 19 heavy (non-hydrogen) atoms. The third kappa shape index (κ3) is 4.24. The molecule has 0 fully saturated rings. The second-order valence-electron chi connectivity index (χ2n) is 4.71. The van der Waals surface area contributed by atoms with Crippen LogP contribution in [-0.2, 0) is 13.5 Å². The molecule has 1 unspecified atom stereocenters. The molecule has 0 aliphatic heterocycles. The SMILES string of the molecule is CCC(CO)NC(=O)NCCc1c(C)nn(C)c1C. The molecule has 0 saturated carbocycles. The van der Waals surface area contributed by atoms with Crippen molar-refractivity contribution in [1.29, 1.82) is 0 Å². The minimum Gasteiger partial charge on any atom is -0.394 e. The topological polar surface area (TPSA) is 79.2 Å². The Morgan fingerprint density at radius 1 is 1.47 bits per heavy atom. The normalized spacial score (nSPS) is 12.3. The maximum absolute atomic E-state index is 11.6. The number of hydrogen-bond acceptors (Lipinski definition) is 3. The van der Waals surface area contributed by atoms with Crippen LogP contribution in [0, 0.1) is 13.8 Å². The van der Waals surface area contributed by atoms with Crippen LogP contribution < -0.4 is 10.6 Å². The molecule has 0 aliphatic carbocycles. The zero-order valence-electron chi connectivity index (χ0n) is 12.2. The number of carbonyl (C=O) groups excluding carboxylic acids is 1. The summed E-state index contributed by atoms with van der Waals surface area (Å²) in [5.74, 6) is 0. The zero-order valence-corrected chi connectivity index (χ0v) is 12.2. The van der Waals surface area contributed by atoms with Gasteiger partial charge in [-0.1, -0.05) is 6.92 Å². The number of aliphatic hydroxyl groups is 1. The van der Waals surface area contributed by atoms with E-state index in [4.69, 9.17) is 5.11 Å². The first-order chi connectivity index (χ1) is 8.99. The van der Waals surface area contributed by atoms with Crippen molar-refractivity contribution in [3.63, 3.8) is 0 Å². The Balaban J connectivity index is 2.40. The van der Waals surface area contributed by atoms with Gasteiger partial charge in [-0.3, -0.25) is 4.68 Å². The van der Waals surface area contributed by atoms with Gasteiger partial charge < -0.3 is 15.7 Å². The zero-order chi connectivity index (χ0) is 14.4. The molecule has 108 valence electrons. The van der Waals surface area contributed by atoms with E-state index in [1.54, 1.807) is 0 Å². The molecular formula is C13H24N4O2. The van der Waals surface area contributed by atoms with Crippen molar-refractivity contribution >= 4 is 6.03 Å². The maximum Gasteiger partial charge on any atom is 0.315 e. The molecule has 0 radical (unpaired) electrons. The van der Waals surface area contributed by atoms with Crippen molar-refractivity contribution in [3.05, 3.63) is 17.0 Å². The van der Waals surface area contributed by atoms with Crippen LogP contribution in [-0.4, -0.2) is 40.1 Å². The van der Waals surface area contributed by atoms with Gasteiger partial charge >= 0.3 is 6.03 Å². The van der Waals surface area contributed by atoms with Gasteiger partial charge in [0.1, 0.15) is 0 Å². The van der Waals surface area contributed by atoms with E-state index in [1.807, 2.05) is 32.5 Å². The van der Waals surface area contributed by atoms with Gasteiger partial charge in [-0.2, -0.15) is 5.10 Å². The minimum atomic E-state index is -0.236. The predicted molar refractivity (Wildman–Crippen MR) is 74.1 cm³/mol. The summed E-state index contributed by atoms with van der Waals surface area (Å²) < 4.78 is 1.85. The summed E-state index contributed by atoms with van der Waals surface area (Å²) in [5.41, 5.74) is 3.31. The Labute approximate surface area is 114 Å². The van der Waals surface area contributed by atoms with E-state index < -0.39 is 0 Å². The average molecular weight is 268 g/mol. The first kappa shape index (κ1) is 15.5. The summed E-state index contributed by atoms with van der Waals surface area (Å²) in [6.45, 7) is 6.44. The smallest absolute Gasteiger partial charge is 0.315 e. The predicted octanol–water partition coefficient (Wildman–Crippen LogP) is 0.650. The average Bonchev–Trinajstić information content (AvgIpc) is 2.62. The van der Waals surface area contributed by atoms with E-state index in [2.05, 4.69) is 15.7 Å². The molecule has 2 amide bonds. The van der Waals surface area contributed by atoms with Crippen LogP contribution in [0.25, 0.3) is 0 Å². The van der Waals surface area contributed by atoms with Crippen LogP contribution >= 0.6 is 0 Å². The second kappa shape index (κ2) is 7.13. The van der Waals surface area contributed by atoms with E-state index >= 15 is 0 Å². The van der Waals surface area contributed by atoms with Gasteiger partial charge in [0.25, 0.3) is 0 Å². The molecule has 1 aromatic rings. The molecule has 1 heterocycles. The fourth-order valence-electron chi connectivity index (χ4n) is 1.99. The molecule has 0 saturated heterocycles. The first-order valence-corrected chi connectivity index (χ1v) is 6.63. The van der Waals surface area contributed by atoms with Crippen LogP contribution in [0.3, 0.4) is 0 Å². The minimum absolute atomic E-state index is 0.0370. The van der Waals surface area contributed by atoms with Crippen LogP contribution in [0.1, 0.15) is 30.3 Å². The Hall–Kier alpha value is -1.56. The highest BCUT2D eigenvalue weighted by Gasteiger charge is 2.11. The lowest BCUT2D eigenvalue weighted by atomic mass is 10.1.